The van der Waals surface area contributed by atoms with Crippen molar-refractivity contribution in [3.63, 3.8) is 0 Å². The van der Waals surface area contributed by atoms with Crippen LogP contribution in [0, 0.1) is 0 Å². The van der Waals surface area contributed by atoms with Crippen LogP contribution < -0.4 is 10.6 Å². The minimum absolute atomic E-state index is 0.695. The molecule has 0 aromatic carbocycles. The van der Waals surface area contributed by atoms with E-state index < -0.39 is 0 Å². The van der Waals surface area contributed by atoms with Crippen LogP contribution in [0.15, 0.2) is 12.3 Å². The van der Waals surface area contributed by atoms with Crippen molar-refractivity contribution in [1.82, 2.24) is 9.97 Å². The normalized spacial score (nSPS) is 10.1. The molecule has 0 aliphatic carbocycles. The Labute approximate surface area is 97.9 Å². The van der Waals surface area contributed by atoms with Crippen molar-refractivity contribution in [1.29, 1.82) is 0 Å². The summed E-state index contributed by atoms with van der Waals surface area (Å²) in [5.74, 6) is 1.60. The van der Waals surface area contributed by atoms with Crippen LogP contribution in [0.25, 0.3) is 0 Å². The minimum atomic E-state index is 0.695. The van der Waals surface area contributed by atoms with Crippen LogP contribution >= 0.6 is 0 Å². The highest BCUT2D eigenvalue weighted by Gasteiger charge is 1.96. The largest absolute Gasteiger partial charge is 0.370 e. The van der Waals surface area contributed by atoms with Crippen LogP contribution in [0.5, 0.6) is 0 Å². The van der Waals surface area contributed by atoms with Crippen molar-refractivity contribution in [3.05, 3.63) is 12.3 Å². The van der Waals surface area contributed by atoms with Gasteiger partial charge in [-0.05, 0) is 19.4 Å². The molecule has 0 aliphatic heterocycles. The quantitative estimate of drug-likeness (QED) is 0.664. The predicted molar refractivity (Wildman–Crippen MR) is 68.8 cm³/mol. The highest BCUT2D eigenvalue weighted by Crippen LogP contribution is 2.06. The van der Waals surface area contributed by atoms with Gasteiger partial charge >= 0.3 is 0 Å². The summed E-state index contributed by atoms with van der Waals surface area (Å²) in [6, 6.07) is 1.90. The Morgan fingerprint density at radius 1 is 1.12 bits per heavy atom. The number of unbranched alkanes of at least 4 members (excludes halogenated alkanes) is 3. The molecular formula is C12H22N4. The van der Waals surface area contributed by atoms with Gasteiger partial charge in [0.2, 0.25) is 5.95 Å². The molecule has 2 N–H and O–H groups in total. The number of hydrogen-bond acceptors (Lipinski definition) is 4. The SMILES string of the molecule is CCCCCCNc1ccnc(NCC)n1. The summed E-state index contributed by atoms with van der Waals surface area (Å²) in [7, 11) is 0. The fourth-order valence-electron chi connectivity index (χ4n) is 1.47. The maximum atomic E-state index is 4.35. The molecule has 0 saturated carbocycles. The maximum Gasteiger partial charge on any atom is 0.224 e. The predicted octanol–water partition coefficient (Wildman–Crippen LogP) is 2.90. The second-order valence-electron chi connectivity index (χ2n) is 3.78. The van der Waals surface area contributed by atoms with Crippen LogP contribution in [0.1, 0.15) is 39.5 Å². The van der Waals surface area contributed by atoms with Gasteiger partial charge in [-0.3, -0.25) is 0 Å². The lowest BCUT2D eigenvalue weighted by Gasteiger charge is -2.06. The Morgan fingerprint density at radius 3 is 2.75 bits per heavy atom. The number of anilines is 2. The van der Waals surface area contributed by atoms with Gasteiger partial charge in [0.05, 0.1) is 0 Å². The first-order valence-corrected chi connectivity index (χ1v) is 6.17. The molecule has 90 valence electrons. The van der Waals surface area contributed by atoms with E-state index in [1.165, 1.54) is 25.7 Å². The topological polar surface area (TPSA) is 49.8 Å². The summed E-state index contributed by atoms with van der Waals surface area (Å²) in [6.45, 7) is 6.09. The van der Waals surface area contributed by atoms with Crippen molar-refractivity contribution in [3.8, 4) is 0 Å². The summed E-state index contributed by atoms with van der Waals surface area (Å²) in [5, 5.41) is 6.41. The molecule has 16 heavy (non-hydrogen) atoms. The van der Waals surface area contributed by atoms with Gasteiger partial charge in [-0.1, -0.05) is 26.2 Å². The molecule has 0 aliphatic rings. The molecule has 1 heterocycles. The van der Waals surface area contributed by atoms with Crippen molar-refractivity contribution in [2.45, 2.75) is 39.5 Å². The Hall–Kier alpha value is -1.32. The molecule has 4 nitrogen and oxygen atoms in total. The van der Waals surface area contributed by atoms with E-state index in [9.17, 15) is 0 Å². The molecule has 1 rings (SSSR count). The number of aromatic nitrogens is 2. The Kier molecular flexibility index (Phi) is 6.30. The molecule has 1 aromatic rings. The maximum absolute atomic E-state index is 4.35. The van der Waals surface area contributed by atoms with Gasteiger partial charge < -0.3 is 10.6 Å². The van der Waals surface area contributed by atoms with Crippen molar-refractivity contribution < 1.29 is 0 Å². The Morgan fingerprint density at radius 2 is 2.00 bits per heavy atom. The van der Waals surface area contributed by atoms with Gasteiger partial charge in [0, 0.05) is 19.3 Å². The highest BCUT2D eigenvalue weighted by molar-refractivity contribution is 5.39. The van der Waals surface area contributed by atoms with Crippen molar-refractivity contribution in [2.24, 2.45) is 0 Å². The summed E-state index contributed by atoms with van der Waals surface area (Å²) >= 11 is 0. The Bertz CT molecular complexity index is 288. The van der Waals surface area contributed by atoms with Gasteiger partial charge in [0.1, 0.15) is 5.82 Å². The van der Waals surface area contributed by atoms with E-state index in [1.807, 2.05) is 13.0 Å². The zero-order chi connectivity index (χ0) is 11.6. The van der Waals surface area contributed by atoms with Gasteiger partial charge in [-0.2, -0.15) is 4.98 Å². The molecule has 0 unspecified atom stereocenters. The third-order valence-corrected chi connectivity index (χ3v) is 2.33. The fraction of sp³-hybridized carbons (Fsp3) is 0.667. The van der Waals surface area contributed by atoms with Crippen molar-refractivity contribution >= 4 is 11.8 Å². The summed E-state index contributed by atoms with van der Waals surface area (Å²) < 4.78 is 0. The molecule has 0 atom stereocenters. The van der Waals surface area contributed by atoms with Crippen molar-refractivity contribution in [2.75, 3.05) is 23.7 Å². The average molecular weight is 222 g/mol. The highest BCUT2D eigenvalue weighted by atomic mass is 15.1. The molecule has 0 spiro atoms. The number of nitrogens with zero attached hydrogens (tertiary/aromatic N) is 2. The van der Waals surface area contributed by atoms with E-state index in [0.717, 1.165) is 18.9 Å². The fourth-order valence-corrected chi connectivity index (χ4v) is 1.47. The van der Waals surface area contributed by atoms with Crippen LogP contribution in [0.3, 0.4) is 0 Å². The van der Waals surface area contributed by atoms with E-state index in [2.05, 4.69) is 27.5 Å². The first kappa shape index (κ1) is 12.7. The molecule has 0 fully saturated rings. The molecule has 0 saturated heterocycles. The van der Waals surface area contributed by atoms with Crippen LogP contribution in [0.4, 0.5) is 11.8 Å². The monoisotopic (exact) mass is 222 g/mol. The lowest BCUT2D eigenvalue weighted by atomic mass is 10.2. The van der Waals surface area contributed by atoms with Crippen LogP contribution in [0.2, 0.25) is 0 Å². The molecule has 4 heteroatoms. The zero-order valence-corrected chi connectivity index (χ0v) is 10.3. The van der Waals surface area contributed by atoms with E-state index in [1.54, 1.807) is 6.20 Å². The lowest BCUT2D eigenvalue weighted by Crippen LogP contribution is -2.07. The third kappa shape index (κ3) is 4.96. The van der Waals surface area contributed by atoms with E-state index in [-0.39, 0.29) is 0 Å². The van der Waals surface area contributed by atoms with Gasteiger partial charge in [-0.25, -0.2) is 4.98 Å². The first-order valence-electron chi connectivity index (χ1n) is 6.17. The summed E-state index contributed by atoms with van der Waals surface area (Å²) in [5.41, 5.74) is 0. The summed E-state index contributed by atoms with van der Waals surface area (Å²) in [6.07, 6.45) is 6.86. The van der Waals surface area contributed by atoms with E-state index in [4.69, 9.17) is 0 Å². The third-order valence-electron chi connectivity index (χ3n) is 2.33. The molecule has 0 radical (unpaired) electrons. The molecule has 0 amide bonds. The number of rotatable bonds is 8. The van der Waals surface area contributed by atoms with Gasteiger partial charge in [0.15, 0.2) is 0 Å². The van der Waals surface area contributed by atoms with Crippen LogP contribution in [-0.2, 0) is 0 Å². The number of nitrogens with one attached hydrogen (secondary N) is 2. The molecular weight excluding hydrogens is 200 g/mol. The van der Waals surface area contributed by atoms with Gasteiger partial charge in [0.25, 0.3) is 0 Å². The van der Waals surface area contributed by atoms with E-state index >= 15 is 0 Å². The smallest absolute Gasteiger partial charge is 0.224 e. The second-order valence-corrected chi connectivity index (χ2v) is 3.78. The zero-order valence-electron chi connectivity index (χ0n) is 10.3. The van der Waals surface area contributed by atoms with E-state index in [0.29, 0.717) is 5.95 Å². The Balaban J connectivity index is 2.27. The standard InChI is InChI=1S/C12H22N4/c1-3-5-6-7-9-14-11-8-10-15-12(16-11)13-4-2/h8,10H,3-7,9H2,1-2H3,(H2,13,14,15,16). The van der Waals surface area contributed by atoms with Gasteiger partial charge in [-0.15, -0.1) is 0 Å². The molecule has 0 bridgehead atoms. The average Bonchev–Trinajstić information content (AvgIpc) is 2.30. The minimum Gasteiger partial charge on any atom is -0.370 e. The van der Waals surface area contributed by atoms with Crippen LogP contribution in [-0.4, -0.2) is 23.1 Å². The summed E-state index contributed by atoms with van der Waals surface area (Å²) in [4.78, 5) is 8.47. The molecule has 1 aromatic heterocycles. The first-order chi connectivity index (χ1) is 7.86. The second kappa shape index (κ2) is 7.91. The number of hydrogen-bond donors (Lipinski definition) is 2. The lowest BCUT2D eigenvalue weighted by molar-refractivity contribution is 0.684.